The molecule has 560 valence electrons. The maximum absolute atomic E-state index is 14.2. The molecule has 4 rings (SSSR count). The molecule has 27 heteroatoms. The summed E-state index contributed by atoms with van der Waals surface area (Å²) in [5.41, 5.74) is 1.42. The molecular weight excluding hydrogens is 1280 g/mol. The van der Waals surface area contributed by atoms with Gasteiger partial charge in [-0.05, 0) is 182 Å². The van der Waals surface area contributed by atoms with Crippen LogP contribution in [0.4, 0.5) is 11.4 Å². The number of likely N-dealkylation sites (N-methyl/N-ethyl adjacent to an activating group) is 2. The van der Waals surface area contributed by atoms with Gasteiger partial charge in [0.05, 0.1) is 28.0 Å². The van der Waals surface area contributed by atoms with E-state index in [0.29, 0.717) is 101 Å². The van der Waals surface area contributed by atoms with Crippen molar-refractivity contribution in [3.05, 3.63) is 79.9 Å². The van der Waals surface area contributed by atoms with E-state index in [4.69, 9.17) is 0 Å². The molecule has 1 unspecified atom stereocenters. The van der Waals surface area contributed by atoms with E-state index in [2.05, 4.69) is 81.8 Å². The number of nitro groups is 2. The topological polar surface area (TPSA) is 354 Å². The summed E-state index contributed by atoms with van der Waals surface area (Å²) in [6, 6.07) is 7.28. The Kier molecular flexibility index (Phi) is 37.8. The number of non-ortho nitro benzene ring substituents is 2. The molecule has 0 radical (unpaired) electrons. The van der Waals surface area contributed by atoms with Gasteiger partial charge in [0, 0.05) is 94.1 Å². The van der Waals surface area contributed by atoms with Crippen molar-refractivity contribution in [1.29, 1.82) is 0 Å². The van der Waals surface area contributed by atoms with Crippen molar-refractivity contribution in [2.75, 3.05) is 61.4 Å². The van der Waals surface area contributed by atoms with Gasteiger partial charge in [-0.2, -0.15) is 0 Å². The highest BCUT2D eigenvalue weighted by atomic mass is 16.6. The number of rotatable bonds is 42. The summed E-state index contributed by atoms with van der Waals surface area (Å²) in [7, 11) is 8.72. The predicted molar refractivity (Wildman–Crippen MR) is 385 cm³/mol. The molecule has 0 spiro atoms. The highest BCUT2D eigenvalue weighted by molar-refractivity contribution is 5.97. The Labute approximate surface area is 593 Å². The van der Waals surface area contributed by atoms with E-state index in [9.17, 15) is 68.2 Å². The minimum Gasteiger partial charge on any atom is -0.359 e. The lowest BCUT2D eigenvalue weighted by Gasteiger charge is -2.31. The monoisotopic (exact) mass is 1400 g/mol. The Morgan fingerprint density at radius 1 is 0.520 bits per heavy atom. The Balaban J connectivity index is 0.000000520. The zero-order valence-corrected chi connectivity index (χ0v) is 62.4. The number of likely N-dealkylation sites (tertiary alicyclic amines) is 2. The van der Waals surface area contributed by atoms with Crippen LogP contribution in [0.25, 0.3) is 0 Å². The standard InChI is InChI=1S/C38H61N5O7.C35H58N8O7/c1-9-29(23-28-15-17-31(18-16-28)43(49)50)37(47)40-32(21-25(2)3)34(44)24-30(13-10-11-19-41(8)26(4)5)38(48)42-20-12-14-33(42)35(45)22-27(6)36(46)39-7;1-22(2)20-29(40-32(45)28(36-6)21-25-14-16-26(17-15-25)43(49)50)33(46)39-27(12-9-10-18-41(8)23(3)4)35(48)42-19-11-13-30(42)34(47)38-24(5)31(44)37-7/h15-18,25-27,29-30,32-33H,9-14,19-24H2,1-8H3,(H,39,46)(H,40,47);14-17,22-24,27-30,36H,9-13,18-21H2,1-8H3,(H,37,44)(H,38,47)(H,39,46)(H,40,45)/t27-,29+,30+,32-,33?;24-,27+,28-,29+,30+/m01/s1. The number of amides is 8. The maximum atomic E-state index is 14.2. The number of nitro benzene ring substituents is 2. The van der Waals surface area contributed by atoms with Crippen molar-refractivity contribution in [3.63, 3.8) is 0 Å². The summed E-state index contributed by atoms with van der Waals surface area (Å²) < 4.78 is 0. The Morgan fingerprint density at radius 2 is 0.980 bits per heavy atom. The molecule has 2 aromatic rings. The molecule has 2 heterocycles. The Hall–Kier alpha value is -7.78. The number of carbonyl (C=O) groups is 10. The minimum atomic E-state index is -0.941. The number of nitrogens with one attached hydrogen (secondary N) is 7. The summed E-state index contributed by atoms with van der Waals surface area (Å²) in [5, 5.41) is 41.6. The van der Waals surface area contributed by atoms with Crippen LogP contribution in [-0.4, -0.2) is 204 Å². The van der Waals surface area contributed by atoms with E-state index in [1.807, 2.05) is 41.7 Å². The normalized spacial score (nSPS) is 16.9. The third-order valence-corrected chi connectivity index (χ3v) is 19.2. The fourth-order valence-electron chi connectivity index (χ4n) is 12.5. The molecule has 8 amide bonds. The number of hydrogen-bond donors (Lipinski definition) is 7. The summed E-state index contributed by atoms with van der Waals surface area (Å²) in [6.07, 6.45) is 7.96. The average molecular weight is 1400 g/mol. The fourth-order valence-corrected chi connectivity index (χ4v) is 12.5. The first-order valence-corrected chi connectivity index (χ1v) is 36.0. The summed E-state index contributed by atoms with van der Waals surface area (Å²) in [4.78, 5) is 163. The van der Waals surface area contributed by atoms with Crippen molar-refractivity contribution in [1.82, 2.24) is 56.8 Å². The van der Waals surface area contributed by atoms with Crippen molar-refractivity contribution >= 4 is 70.2 Å². The number of benzene rings is 2. The van der Waals surface area contributed by atoms with Crippen LogP contribution >= 0.6 is 0 Å². The molecular formula is C73H119N13O14. The van der Waals surface area contributed by atoms with E-state index in [1.165, 1.54) is 43.3 Å². The van der Waals surface area contributed by atoms with Crippen LogP contribution in [0.5, 0.6) is 0 Å². The summed E-state index contributed by atoms with van der Waals surface area (Å²) in [5.74, 6) is -4.56. The zero-order chi connectivity index (χ0) is 75.1. The second-order valence-corrected chi connectivity index (χ2v) is 28.6. The first-order valence-electron chi connectivity index (χ1n) is 36.0. The van der Waals surface area contributed by atoms with Gasteiger partial charge in [0.25, 0.3) is 11.4 Å². The van der Waals surface area contributed by atoms with Crippen molar-refractivity contribution in [2.45, 2.75) is 240 Å². The smallest absolute Gasteiger partial charge is 0.269 e. The molecule has 2 saturated heterocycles. The van der Waals surface area contributed by atoms with Gasteiger partial charge in [-0.15, -0.1) is 0 Å². The molecule has 10 atom stereocenters. The van der Waals surface area contributed by atoms with Gasteiger partial charge >= 0.3 is 0 Å². The molecule has 7 N–H and O–H groups in total. The molecule has 100 heavy (non-hydrogen) atoms. The fraction of sp³-hybridized carbons (Fsp3) is 0.699. The lowest BCUT2D eigenvalue weighted by molar-refractivity contribution is -0.385. The molecule has 2 aliphatic rings. The van der Waals surface area contributed by atoms with Gasteiger partial charge in [-0.1, -0.05) is 72.2 Å². The first-order chi connectivity index (χ1) is 47.2. The van der Waals surface area contributed by atoms with Gasteiger partial charge in [-0.3, -0.25) is 68.2 Å². The molecule has 0 saturated carbocycles. The first kappa shape index (κ1) is 86.4. The highest BCUT2D eigenvalue weighted by Crippen LogP contribution is 2.29. The molecule has 0 aromatic heterocycles. The second-order valence-electron chi connectivity index (χ2n) is 28.6. The molecule has 2 aromatic carbocycles. The molecule has 27 nitrogen and oxygen atoms in total. The van der Waals surface area contributed by atoms with Gasteiger partial charge in [0.15, 0.2) is 11.6 Å². The van der Waals surface area contributed by atoms with Gasteiger partial charge in [0.1, 0.15) is 24.2 Å². The van der Waals surface area contributed by atoms with Crippen molar-refractivity contribution in [3.8, 4) is 0 Å². The minimum absolute atomic E-state index is 0.0204. The van der Waals surface area contributed by atoms with Crippen molar-refractivity contribution < 1.29 is 57.8 Å². The number of unbranched alkanes of at least 4 members (excludes halogenated alkanes) is 2. The quantitative estimate of drug-likeness (QED) is 0.0209. The van der Waals surface area contributed by atoms with Gasteiger partial charge in [0.2, 0.25) is 47.3 Å². The number of Topliss-reactive ketones (excluding diaryl/α,β-unsaturated/α-hetero) is 2. The highest BCUT2D eigenvalue weighted by Gasteiger charge is 2.41. The van der Waals surface area contributed by atoms with Crippen LogP contribution in [0.15, 0.2) is 48.5 Å². The SMILES string of the molecule is CC[C@H](Cc1ccc([N+](=O)[O-])cc1)C(=O)N[C@@H](CC(C)C)C(=O)C[C@@H](CCCCN(C)C(C)C)C(=O)N1CCCC1C(=O)C[C@H](C)C(=O)NC.CNC(=O)[C@@H](C)NC(=O)[C@@H]1CCCN1C(=O)[C@H](CCCCN(C)C(C)C)NC(=O)[C@H](CC(C)C)NC(=O)[C@@H](Cc1ccc([N+](=O)[O-])cc1)NC. The van der Waals surface area contributed by atoms with Crippen LogP contribution < -0.4 is 37.2 Å². The van der Waals surface area contributed by atoms with Gasteiger partial charge in [-0.25, -0.2) is 0 Å². The summed E-state index contributed by atoms with van der Waals surface area (Å²) in [6.45, 7) is 23.9. The van der Waals surface area contributed by atoms with Gasteiger partial charge < -0.3 is 56.8 Å². The predicted octanol–water partition coefficient (Wildman–Crippen LogP) is 6.61. The number of ketones is 2. The van der Waals surface area contributed by atoms with E-state index in [-0.39, 0.29) is 83.6 Å². The maximum Gasteiger partial charge on any atom is 0.269 e. The van der Waals surface area contributed by atoms with Crippen LogP contribution in [0.1, 0.15) is 184 Å². The average Bonchev–Trinajstić information content (AvgIpc) is 1.64. The van der Waals surface area contributed by atoms with Crippen LogP contribution in [0, 0.1) is 49.8 Å². The lowest BCUT2D eigenvalue weighted by atomic mass is 9.88. The number of carbonyl (C=O) groups excluding carboxylic acids is 10. The Morgan fingerprint density at radius 3 is 1.46 bits per heavy atom. The molecule has 2 aliphatic heterocycles. The van der Waals surface area contributed by atoms with Crippen LogP contribution in [0.3, 0.4) is 0 Å². The largest absolute Gasteiger partial charge is 0.359 e. The van der Waals surface area contributed by atoms with E-state index >= 15 is 0 Å². The Bertz CT molecular complexity index is 2800. The van der Waals surface area contributed by atoms with Crippen LogP contribution in [0.2, 0.25) is 0 Å². The summed E-state index contributed by atoms with van der Waals surface area (Å²) >= 11 is 0. The van der Waals surface area contributed by atoms with Crippen LogP contribution in [-0.2, 0) is 60.8 Å². The van der Waals surface area contributed by atoms with Crippen molar-refractivity contribution in [2.24, 2.45) is 29.6 Å². The second kappa shape index (κ2) is 43.8. The third kappa shape index (κ3) is 28.7. The van der Waals surface area contributed by atoms with E-state index in [1.54, 1.807) is 50.1 Å². The number of hydrogen-bond acceptors (Lipinski definition) is 17. The van der Waals surface area contributed by atoms with E-state index < -0.39 is 87.6 Å². The number of nitrogens with zero attached hydrogens (tertiary/aromatic N) is 6. The molecule has 2 fully saturated rings. The molecule has 0 bridgehead atoms. The zero-order valence-electron chi connectivity index (χ0n) is 62.4. The third-order valence-electron chi connectivity index (χ3n) is 19.2. The molecule has 0 aliphatic carbocycles. The van der Waals surface area contributed by atoms with E-state index in [0.717, 1.165) is 37.9 Å². The lowest BCUT2D eigenvalue weighted by Crippen LogP contribution is -2.58.